The van der Waals surface area contributed by atoms with E-state index in [1.807, 2.05) is 0 Å². The van der Waals surface area contributed by atoms with Crippen molar-refractivity contribution < 1.29 is 4.74 Å². The van der Waals surface area contributed by atoms with Gasteiger partial charge < -0.3 is 10.5 Å². The summed E-state index contributed by atoms with van der Waals surface area (Å²) < 4.78 is 5.83. The smallest absolute Gasteiger partial charge is 0.0828 e. The number of hydrogen-bond donors (Lipinski definition) is 1. The Labute approximate surface area is 106 Å². The predicted octanol–water partition coefficient (Wildman–Crippen LogP) is 2.00. The van der Waals surface area contributed by atoms with Crippen LogP contribution in [0.3, 0.4) is 0 Å². The predicted molar refractivity (Wildman–Crippen MR) is 71.0 cm³/mol. The lowest BCUT2D eigenvalue weighted by Gasteiger charge is -2.43. The quantitative estimate of drug-likeness (QED) is 0.820. The summed E-state index contributed by atoms with van der Waals surface area (Å²) in [6.45, 7) is 7.30. The van der Waals surface area contributed by atoms with E-state index in [1.165, 1.54) is 32.1 Å². The van der Waals surface area contributed by atoms with Crippen LogP contribution in [0.1, 0.15) is 46.0 Å². The summed E-state index contributed by atoms with van der Waals surface area (Å²) in [5.74, 6) is 0.981. The Balaban J connectivity index is 1.85. The highest BCUT2D eigenvalue weighted by Crippen LogP contribution is 2.30. The first-order valence-electron chi connectivity index (χ1n) is 7.32. The molecule has 3 nitrogen and oxygen atoms in total. The monoisotopic (exact) mass is 240 g/mol. The van der Waals surface area contributed by atoms with Gasteiger partial charge in [-0.05, 0) is 38.5 Å². The number of hydrogen-bond acceptors (Lipinski definition) is 3. The molecule has 2 aliphatic rings. The topological polar surface area (TPSA) is 38.5 Å². The number of rotatable bonds is 3. The van der Waals surface area contributed by atoms with Crippen molar-refractivity contribution in [1.82, 2.24) is 4.90 Å². The van der Waals surface area contributed by atoms with Crippen LogP contribution < -0.4 is 5.73 Å². The minimum atomic E-state index is 0.252. The van der Waals surface area contributed by atoms with Gasteiger partial charge in [-0.1, -0.05) is 13.3 Å². The zero-order chi connectivity index (χ0) is 12.3. The largest absolute Gasteiger partial charge is 0.371 e. The summed E-state index contributed by atoms with van der Waals surface area (Å²) in [7, 11) is 0. The van der Waals surface area contributed by atoms with Crippen LogP contribution in [-0.4, -0.2) is 42.8 Å². The lowest BCUT2D eigenvalue weighted by molar-refractivity contribution is -0.0889. The van der Waals surface area contributed by atoms with Crippen LogP contribution in [-0.2, 0) is 4.74 Å². The molecule has 0 aromatic rings. The number of nitrogens with two attached hydrogens (primary N) is 1. The number of nitrogens with zero attached hydrogens (tertiary/aromatic N) is 1. The molecule has 2 N–H and O–H groups in total. The van der Waals surface area contributed by atoms with Crippen LogP contribution in [0.4, 0.5) is 0 Å². The molecule has 0 aromatic carbocycles. The molecule has 1 heterocycles. The van der Waals surface area contributed by atoms with Crippen LogP contribution in [0.25, 0.3) is 0 Å². The molecule has 17 heavy (non-hydrogen) atoms. The summed E-state index contributed by atoms with van der Waals surface area (Å²) in [5, 5.41) is 0. The zero-order valence-electron chi connectivity index (χ0n) is 11.4. The van der Waals surface area contributed by atoms with Gasteiger partial charge in [-0.15, -0.1) is 0 Å². The lowest BCUT2D eigenvalue weighted by atomic mass is 9.83. The van der Waals surface area contributed by atoms with Gasteiger partial charge in [-0.2, -0.15) is 0 Å². The van der Waals surface area contributed by atoms with Gasteiger partial charge in [0.1, 0.15) is 0 Å². The highest BCUT2D eigenvalue weighted by atomic mass is 16.5. The van der Waals surface area contributed by atoms with Crippen molar-refractivity contribution >= 4 is 0 Å². The van der Waals surface area contributed by atoms with Gasteiger partial charge in [0.05, 0.1) is 12.2 Å². The average molecular weight is 240 g/mol. The van der Waals surface area contributed by atoms with E-state index in [9.17, 15) is 0 Å². The van der Waals surface area contributed by atoms with Gasteiger partial charge in [-0.3, -0.25) is 4.90 Å². The van der Waals surface area contributed by atoms with Gasteiger partial charge in [0, 0.05) is 25.7 Å². The fraction of sp³-hybridized carbons (Fsp3) is 1.00. The molecule has 0 aromatic heterocycles. The van der Waals surface area contributed by atoms with Crippen molar-refractivity contribution in [3.63, 3.8) is 0 Å². The SMILES string of the molecule is CCC1CCC(N2CC(C)OC(CN)C2)CC1. The van der Waals surface area contributed by atoms with E-state index in [0.29, 0.717) is 12.6 Å². The Kier molecular flexibility index (Phi) is 4.83. The second-order valence-corrected chi connectivity index (χ2v) is 5.84. The molecule has 3 heteroatoms. The van der Waals surface area contributed by atoms with Crippen LogP contribution in [0, 0.1) is 5.92 Å². The molecule has 0 spiro atoms. The van der Waals surface area contributed by atoms with E-state index in [-0.39, 0.29) is 6.10 Å². The Bertz CT molecular complexity index is 226. The maximum atomic E-state index is 5.83. The highest BCUT2D eigenvalue weighted by molar-refractivity contribution is 4.85. The third-order valence-corrected chi connectivity index (χ3v) is 4.53. The van der Waals surface area contributed by atoms with Crippen molar-refractivity contribution in [3.8, 4) is 0 Å². The summed E-state index contributed by atoms with van der Waals surface area (Å²) >= 11 is 0. The van der Waals surface area contributed by atoms with Crippen molar-refractivity contribution in [2.75, 3.05) is 19.6 Å². The standard InChI is InChI=1S/C14H28N2O/c1-3-12-4-6-13(7-5-12)16-9-11(2)17-14(8-15)10-16/h11-14H,3-10,15H2,1-2H3. The molecule has 1 aliphatic carbocycles. The second-order valence-electron chi connectivity index (χ2n) is 5.84. The fourth-order valence-electron chi connectivity index (χ4n) is 3.43. The van der Waals surface area contributed by atoms with Crippen molar-refractivity contribution in [2.24, 2.45) is 11.7 Å². The lowest BCUT2D eigenvalue weighted by Crippen LogP contribution is -2.53. The molecular formula is C14H28N2O. The molecule has 0 radical (unpaired) electrons. The first-order chi connectivity index (χ1) is 8.22. The molecule has 1 aliphatic heterocycles. The molecule has 100 valence electrons. The third kappa shape index (κ3) is 3.43. The normalized spacial score (nSPS) is 40.4. The summed E-state index contributed by atoms with van der Waals surface area (Å²) in [4.78, 5) is 2.64. The van der Waals surface area contributed by atoms with Gasteiger partial charge in [0.25, 0.3) is 0 Å². The molecular weight excluding hydrogens is 212 g/mol. The van der Waals surface area contributed by atoms with Crippen molar-refractivity contribution in [1.29, 1.82) is 0 Å². The highest BCUT2D eigenvalue weighted by Gasteiger charge is 2.31. The first-order valence-corrected chi connectivity index (χ1v) is 7.32. The van der Waals surface area contributed by atoms with Crippen LogP contribution in [0.5, 0.6) is 0 Å². The van der Waals surface area contributed by atoms with Gasteiger partial charge in [0.15, 0.2) is 0 Å². The minimum Gasteiger partial charge on any atom is -0.371 e. The van der Waals surface area contributed by atoms with Crippen LogP contribution >= 0.6 is 0 Å². The first kappa shape index (κ1) is 13.3. The molecule has 1 saturated carbocycles. The Morgan fingerprint density at radius 1 is 1.18 bits per heavy atom. The fourth-order valence-corrected chi connectivity index (χ4v) is 3.43. The maximum absolute atomic E-state index is 5.83. The molecule has 0 bridgehead atoms. The Morgan fingerprint density at radius 2 is 1.88 bits per heavy atom. The molecule has 2 atom stereocenters. The van der Waals surface area contributed by atoms with Crippen molar-refractivity contribution in [3.05, 3.63) is 0 Å². The Morgan fingerprint density at radius 3 is 2.47 bits per heavy atom. The summed E-state index contributed by atoms with van der Waals surface area (Å²) in [5.41, 5.74) is 5.75. The average Bonchev–Trinajstić information content (AvgIpc) is 2.38. The van der Waals surface area contributed by atoms with E-state index >= 15 is 0 Å². The third-order valence-electron chi connectivity index (χ3n) is 4.53. The molecule has 2 rings (SSSR count). The summed E-state index contributed by atoms with van der Waals surface area (Å²) in [6, 6.07) is 0.790. The zero-order valence-corrected chi connectivity index (χ0v) is 11.4. The number of morpholine rings is 1. The Hall–Kier alpha value is -0.120. The molecule has 1 saturated heterocycles. The van der Waals surface area contributed by atoms with Crippen LogP contribution in [0.2, 0.25) is 0 Å². The molecule has 0 amide bonds. The van der Waals surface area contributed by atoms with Crippen LogP contribution in [0.15, 0.2) is 0 Å². The summed E-state index contributed by atoms with van der Waals surface area (Å²) in [6.07, 6.45) is 7.55. The van der Waals surface area contributed by atoms with Gasteiger partial charge in [-0.25, -0.2) is 0 Å². The van der Waals surface area contributed by atoms with E-state index in [4.69, 9.17) is 10.5 Å². The minimum absolute atomic E-state index is 0.252. The maximum Gasteiger partial charge on any atom is 0.0828 e. The van der Waals surface area contributed by atoms with Gasteiger partial charge in [0.2, 0.25) is 0 Å². The number of ether oxygens (including phenoxy) is 1. The van der Waals surface area contributed by atoms with E-state index in [2.05, 4.69) is 18.7 Å². The van der Waals surface area contributed by atoms with E-state index < -0.39 is 0 Å². The van der Waals surface area contributed by atoms with Gasteiger partial charge >= 0.3 is 0 Å². The molecule has 2 fully saturated rings. The van der Waals surface area contributed by atoms with Crippen molar-refractivity contribution in [2.45, 2.75) is 64.2 Å². The van der Waals surface area contributed by atoms with E-state index in [1.54, 1.807) is 0 Å². The van der Waals surface area contributed by atoms with E-state index in [0.717, 1.165) is 25.0 Å². The molecule has 2 unspecified atom stereocenters. The second kappa shape index (κ2) is 6.17.